The van der Waals surface area contributed by atoms with Gasteiger partial charge in [-0.15, -0.1) is 0 Å². The first-order valence-electron chi connectivity index (χ1n) is 6.02. The van der Waals surface area contributed by atoms with Gasteiger partial charge >= 0.3 is 0 Å². The third kappa shape index (κ3) is 1.83. The second kappa shape index (κ2) is 4.21. The van der Waals surface area contributed by atoms with Crippen molar-refractivity contribution >= 4 is 23.0 Å². The monoisotopic (exact) mass is 258 g/mol. The summed E-state index contributed by atoms with van der Waals surface area (Å²) in [6, 6.07) is 12.2. The predicted molar refractivity (Wildman–Crippen MR) is 76.9 cm³/mol. The smallest absolute Gasteiger partial charge is 0.0457 e. The SMILES string of the molecule is Cc1cc(Cl)ccc1N1Cc2cccc(N)c2C1. The van der Waals surface area contributed by atoms with Crippen LogP contribution in [0.3, 0.4) is 0 Å². The van der Waals surface area contributed by atoms with Crippen LogP contribution in [0.2, 0.25) is 5.02 Å². The zero-order valence-electron chi connectivity index (χ0n) is 10.3. The van der Waals surface area contributed by atoms with Crippen LogP contribution in [0.4, 0.5) is 11.4 Å². The number of rotatable bonds is 1. The fourth-order valence-electron chi connectivity index (χ4n) is 2.59. The number of anilines is 2. The van der Waals surface area contributed by atoms with E-state index in [9.17, 15) is 0 Å². The lowest BCUT2D eigenvalue weighted by Gasteiger charge is -2.20. The summed E-state index contributed by atoms with van der Waals surface area (Å²) in [6.07, 6.45) is 0. The van der Waals surface area contributed by atoms with E-state index in [-0.39, 0.29) is 0 Å². The Morgan fingerprint density at radius 3 is 2.72 bits per heavy atom. The summed E-state index contributed by atoms with van der Waals surface area (Å²) in [5, 5.41) is 0.785. The highest BCUT2D eigenvalue weighted by atomic mass is 35.5. The Morgan fingerprint density at radius 1 is 1.17 bits per heavy atom. The molecule has 0 amide bonds. The number of aryl methyl sites for hydroxylation is 1. The van der Waals surface area contributed by atoms with Crippen molar-refractivity contribution in [3.05, 3.63) is 58.1 Å². The van der Waals surface area contributed by atoms with Crippen molar-refractivity contribution in [1.82, 2.24) is 0 Å². The Bertz CT molecular complexity index is 607. The number of halogens is 1. The first-order chi connectivity index (χ1) is 8.65. The number of hydrogen-bond acceptors (Lipinski definition) is 2. The normalized spacial score (nSPS) is 13.8. The maximum Gasteiger partial charge on any atom is 0.0457 e. The van der Waals surface area contributed by atoms with Gasteiger partial charge in [0.2, 0.25) is 0 Å². The van der Waals surface area contributed by atoms with Gasteiger partial charge in [0.15, 0.2) is 0 Å². The van der Waals surface area contributed by atoms with Gasteiger partial charge in [0.05, 0.1) is 0 Å². The van der Waals surface area contributed by atoms with E-state index in [1.54, 1.807) is 0 Å². The summed E-state index contributed by atoms with van der Waals surface area (Å²) in [4.78, 5) is 2.34. The molecular weight excluding hydrogens is 244 g/mol. The van der Waals surface area contributed by atoms with E-state index in [1.165, 1.54) is 22.4 Å². The van der Waals surface area contributed by atoms with Gasteiger partial charge in [-0.3, -0.25) is 0 Å². The fraction of sp³-hybridized carbons (Fsp3) is 0.200. The molecule has 1 aliphatic heterocycles. The Balaban J connectivity index is 1.96. The minimum Gasteiger partial charge on any atom is -0.398 e. The van der Waals surface area contributed by atoms with Gasteiger partial charge in [0.1, 0.15) is 0 Å². The van der Waals surface area contributed by atoms with Crippen LogP contribution in [0.25, 0.3) is 0 Å². The molecule has 1 heterocycles. The van der Waals surface area contributed by atoms with Crippen molar-refractivity contribution in [2.24, 2.45) is 0 Å². The molecule has 0 radical (unpaired) electrons. The molecule has 1 aliphatic rings. The van der Waals surface area contributed by atoms with Crippen molar-refractivity contribution < 1.29 is 0 Å². The highest BCUT2D eigenvalue weighted by Crippen LogP contribution is 2.33. The third-order valence-electron chi connectivity index (χ3n) is 3.52. The molecule has 2 N–H and O–H groups in total. The summed E-state index contributed by atoms with van der Waals surface area (Å²) in [5.74, 6) is 0. The molecule has 0 atom stereocenters. The van der Waals surface area contributed by atoms with Crippen LogP contribution >= 0.6 is 11.6 Å². The minimum absolute atomic E-state index is 0.785. The van der Waals surface area contributed by atoms with Crippen LogP contribution in [0, 0.1) is 6.92 Å². The lowest BCUT2D eigenvalue weighted by atomic mass is 10.1. The van der Waals surface area contributed by atoms with Crippen molar-refractivity contribution in [2.75, 3.05) is 10.6 Å². The molecule has 0 spiro atoms. The quantitative estimate of drug-likeness (QED) is 0.790. The molecule has 0 aromatic heterocycles. The molecule has 3 rings (SSSR count). The highest BCUT2D eigenvalue weighted by Gasteiger charge is 2.21. The Kier molecular flexibility index (Phi) is 2.67. The lowest BCUT2D eigenvalue weighted by Crippen LogP contribution is -2.15. The summed E-state index contributed by atoms with van der Waals surface area (Å²) in [6.45, 7) is 3.89. The first-order valence-corrected chi connectivity index (χ1v) is 6.40. The van der Waals surface area contributed by atoms with E-state index in [1.807, 2.05) is 24.3 Å². The average Bonchev–Trinajstić information content (AvgIpc) is 2.74. The fourth-order valence-corrected chi connectivity index (χ4v) is 2.82. The van der Waals surface area contributed by atoms with E-state index < -0.39 is 0 Å². The van der Waals surface area contributed by atoms with Crippen molar-refractivity contribution in [3.8, 4) is 0 Å². The number of nitrogens with zero attached hydrogens (tertiary/aromatic N) is 1. The topological polar surface area (TPSA) is 29.3 Å². The largest absolute Gasteiger partial charge is 0.398 e. The predicted octanol–water partition coefficient (Wildman–Crippen LogP) is 3.75. The van der Waals surface area contributed by atoms with Crippen molar-refractivity contribution in [2.45, 2.75) is 20.0 Å². The molecule has 2 nitrogen and oxygen atoms in total. The van der Waals surface area contributed by atoms with Gasteiger partial charge in [-0.2, -0.15) is 0 Å². The van der Waals surface area contributed by atoms with Crippen LogP contribution in [-0.4, -0.2) is 0 Å². The Hall–Kier alpha value is -1.67. The molecule has 0 aliphatic carbocycles. The lowest BCUT2D eigenvalue weighted by molar-refractivity contribution is 0.876. The third-order valence-corrected chi connectivity index (χ3v) is 3.75. The van der Waals surface area contributed by atoms with E-state index >= 15 is 0 Å². The van der Waals surface area contributed by atoms with Crippen molar-refractivity contribution in [3.63, 3.8) is 0 Å². The number of fused-ring (bicyclic) bond motifs is 1. The maximum absolute atomic E-state index is 6.03. The second-order valence-electron chi connectivity index (χ2n) is 4.77. The van der Waals surface area contributed by atoms with Crippen LogP contribution < -0.4 is 10.6 Å². The molecule has 0 saturated heterocycles. The van der Waals surface area contributed by atoms with Crippen molar-refractivity contribution in [1.29, 1.82) is 0 Å². The molecular formula is C15H15ClN2. The van der Waals surface area contributed by atoms with Gasteiger partial charge in [0.25, 0.3) is 0 Å². The summed E-state index contributed by atoms with van der Waals surface area (Å²) >= 11 is 6.00. The Morgan fingerprint density at radius 2 is 2.00 bits per heavy atom. The molecule has 2 aromatic carbocycles. The molecule has 0 fully saturated rings. The molecule has 0 unspecified atom stereocenters. The summed E-state index contributed by atoms with van der Waals surface area (Å²) in [5.41, 5.74) is 11.9. The minimum atomic E-state index is 0.785. The molecule has 2 aromatic rings. The number of nitrogens with two attached hydrogens (primary N) is 1. The van der Waals surface area contributed by atoms with Gasteiger partial charge in [-0.1, -0.05) is 23.7 Å². The standard InChI is InChI=1S/C15H15ClN2/c1-10-7-12(16)5-6-15(10)18-8-11-3-2-4-14(17)13(11)9-18/h2-7H,8-9,17H2,1H3. The summed E-state index contributed by atoms with van der Waals surface area (Å²) in [7, 11) is 0. The van der Waals surface area contributed by atoms with E-state index in [0.29, 0.717) is 0 Å². The van der Waals surface area contributed by atoms with Gasteiger partial charge < -0.3 is 10.6 Å². The second-order valence-corrected chi connectivity index (χ2v) is 5.21. The van der Waals surface area contributed by atoms with Crippen LogP contribution in [-0.2, 0) is 13.1 Å². The molecule has 92 valence electrons. The molecule has 3 heteroatoms. The zero-order chi connectivity index (χ0) is 12.7. The number of benzene rings is 2. The van der Waals surface area contributed by atoms with Gasteiger partial charge in [-0.05, 0) is 47.9 Å². The molecule has 0 saturated carbocycles. The number of hydrogen-bond donors (Lipinski definition) is 1. The van der Waals surface area contributed by atoms with Gasteiger partial charge in [0, 0.05) is 29.5 Å². The first kappa shape index (κ1) is 11.4. The maximum atomic E-state index is 6.03. The summed E-state index contributed by atoms with van der Waals surface area (Å²) < 4.78 is 0. The highest BCUT2D eigenvalue weighted by molar-refractivity contribution is 6.30. The van der Waals surface area contributed by atoms with Gasteiger partial charge in [-0.25, -0.2) is 0 Å². The molecule has 0 bridgehead atoms. The van der Waals surface area contributed by atoms with Crippen LogP contribution in [0.1, 0.15) is 16.7 Å². The van der Waals surface area contributed by atoms with E-state index in [4.69, 9.17) is 17.3 Å². The van der Waals surface area contributed by atoms with Crippen LogP contribution in [0.15, 0.2) is 36.4 Å². The van der Waals surface area contributed by atoms with Crippen LogP contribution in [0.5, 0.6) is 0 Å². The molecule has 18 heavy (non-hydrogen) atoms. The Labute approximate surface area is 112 Å². The van der Waals surface area contributed by atoms with E-state index in [2.05, 4.69) is 24.0 Å². The average molecular weight is 259 g/mol. The number of nitrogen functional groups attached to an aromatic ring is 1. The zero-order valence-corrected chi connectivity index (χ0v) is 11.0. The van der Waals surface area contributed by atoms with E-state index in [0.717, 1.165) is 23.8 Å².